The van der Waals surface area contributed by atoms with Crippen LogP contribution in [-0.4, -0.2) is 25.7 Å². The summed E-state index contributed by atoms with van der Waals surface area (Å²) in [4.78, 5) is 20.6. The van der Waals surface area contributed by atoms with Gasteiger partial charge in [-0.05, 0) is 19.9 Å². The van der Waals surface area contributed by atoms with Gasteiger partial charge >= 0.3 is 0 Å². The fourth-order valence-corrected chi connectivity index (χ4v) is 2.85. The third kappa shape index (κ3) is 2.78. The molecule has 0 fully saturated rings. The number of carbonyl (C=O) groups excluding carboxylic acids is 1. The van der Waals surface area contributed by atoms with E-state index in [-0.39, 0.29) is 12.3 Å². The van der Waals surface area contributed by atoms with Crippen LogP contribution in [0.1, 0.15) is 16.4 Å². The van der Waals surface area contributed by atoms with Crippen LogP contribution in [0, 0.1) is 13.8 Å². The highest BCUT2D eigenvalue weighted by Gasteiger charge is 2.10. The van der Waals surface area contributed by atoms with Gasteiger partial charge in [0, 0.05) is 17.8 Å². The van der Waals surface area contributed by atoms with Gasteiger partial charge < -0.3 is 5.32 Å². The van der Waals surface area contributed by atoms with Gasteiger partial charge in [-0.15, -0.1) is 11.3 Å². The van der Waals surface area contributed by atoms with Crippen molar-refractivity contribution >= 4 is 34.0 Å². The van der Waals surface area contributed by atoms with Crippen molar-refractivity contribution in [2.75, 3.05) is 5.32 Å². The number of thiazole rings is 1. The lowest BCUT2D eigenvalue weighted by Gasteiger charge is -2.04. The van der Waals surface area contributed by atoms with Crippen molar-refractivity contribution in [1.29, 1.82) is 0 Å². The monoisotopic (exact) mass is 301 g/mol. The summed E-state index contributed by atoms with van der Waals surface area (Å²) in [6, 6.07) is 1.90. The number of hydrogen-bond acceptors (Lipinski definition) is 5. The summed E-state index contributed by atoms with van der Waals surface area (Å²) in [5, 5.41) is 11.0. The lowest BCUT2D eigenvalue weighted by Crippen LogP contribution is -2.14. The molecule has 1 N–H and O–H groups in total. The molecular weight excluding hydrogens is 286 g/mol. The zero-order chi connectivity index (χ0) is 15.0. The quantitative estimate of drug-likeness (QED) is 0.805. The average Bonchev–Trinajstić information content (AvgIpc) is 2.94. The summed E-state index contributed by atoms with van der Waals surface area (Å²) in [5.74, 6) is -0.0945. The molecule has 0 aromatic carbocycles. The van der Waals surface area contributed by atoms with Gasteiger partial charge in [-0.2, -0.15) is 5.10 Å². The molecule has 3 aromatic rings. The SMILES string of the molecule is Cc1nc(CC(=O)Nc2cnc3c(c2)c(C)nn3C)cs1. The molecule has 1 amide bonds. The van der Waals surface area contributed by atoms with Crippen LogP contribution >= 0.6 is 11.3 Å². The van der Waals surface area contributed by atoms with E-state index >= 15 is 0 Å². The molecule has 7 heteroatoms. The molecule has 3 rings (SSSR count). The standard InChI is InChI=1S/C14H15N5OS/c1-8-12-4-10(6-15-14(12)19(3)18-8)17-13(20)5-11-7-21-9(2)16-11/h4,6-7H,5H2,1-3H3,(H,17,20). The molecule has 0 spiro atoms. The van der Waals surface area contributed by atoms with Crippen molar-refractivity contribution in [3.63, 3.8) is 0 Å². The van der Waals surface area contributed by atoms with Crippen LogP contribution in [0.2, 0.25) is 0 Å². The zero-order valence-electron chi connectivity index (χ0n) is 12.0. The van der Waals surface area contributed by atoms with Gasteiger partial charge in [0.1, 0.15) is 0 Å². The second-order valence-electron chi connectivity index (χ2n) is 4.89. The van der Waals surface area contributed by atoms with Crippen molar-refractivity contribution in [3.05, 3.63) is 34.0 Å². The number of nitrogens with one attached hydrogen (secondary N) is 1. The number of pyridine rings is 1. The topological polar surface area (TPSA) is 72.7 Å². The highest BCUT2D eigenvalue weighted by Crippen LogP contribution is 2.19. The van der Waals surface area contributed by atoms with Gasteiger partial charge in [-0.1, -0.05) is 0 Å². The van der Waals surface area contributed by atoms with Crippen LogP contribution in [0.25, 0.3) is 11.0 Å². The van der Waals surface area contributed by atoms with Crippen LogP contribution in [0.3, 0.4) is 0 Å². The third-order valence-electron chi connectivity index (χ3n) is 3.15. The molecule has 21 heavy (non-hydrogen) atoms. The molecule has 0 unspecified atom stereocenters. The summed E-state index contributed by atoms with van der Waals surface area (Å²) >= 11 is 1.54. The maximum absolute atomic E-state index is 12.0. The number of carbonyl (C=O) groups is 1. The molecular formula is C14H15N5OS. The van der Waals surface area contributed by atoms with E-state index in [0.29, 0.717) is 5.69 Å². The Labute approximate surface area is 125 Å². The van der Waals surface area contributed by atoms with Gasteiger partial charge in [0.25, 0.3) is 0 Å². The second-order valence-corrected chi connectivity index (χ2v) is 5.95. The van der Waals surface area contributed by atoms with E-state index in [0.717, 1.165) is 27.4 Å². The van der Waals surface area contributed by atoms with Gasteiger partial charge in [0.2, 0.25) is 5.91 Å². The van der Waals surface area contributed by atoms with Crippen LogP contribution in [0.5, 0.6) is 0 Å². The molecule has 3 heterocycles. The lowest BCUT2D eigenvalue weighted by atomic mass is 10.2. The number of hydrogen-bond donors (Lipinski definition) is 1. The highest BCUT2D eigenvalue weighted by molar-refractivity contribution is 7.09. The smallest absolute Gasteiger partial charge is 0.230 e. The van der Waals surface area contributed by atoms with E-state index in [2.05, 4.69) is 20.4 Å². The summed E-state index contributed by atoms with van der Waals surface area (Å²) < 4.78 is 1.73. The zero-order valence-corrected chi connectivity index (χ0v) is 12.9. The van der Waals surface area contributed by atoms with Crippen molar-refractivity contribution in [3.8, 4) is 0 Å². The number of aryl methyl sites for hydroxylation is 3. The number of fused-ring (bicyclic) bond motifs is 1. The molecule has 0 radical (unpaired) electrons. The summed E-state index contributed by atoms with van der Waals surface area (Å²) in [6.07, 6.45) is 1.92. The molecule has 3 aromatic heterocycles. The second kappa shape index (κ2) is 5.25. The van der Waals surface area contributed by atoms with E-state index in [1.807, 2.05) is 32.3 Å². The van der Waals surface area contributed by atoms with Gasteiger partial charge in [-0.3, -0.25) is 9.48 Å². The Balaban J connectivity index is 1.78. The van der Waals surface area contributed by atoms with Crippen molar-refractivity contribution < 1.29 is 4.79 Å². The van der Waals surface area contributed by atoms with Crippen molar-refractivity contribution in [1.82, 2.24) is 19.7 Å². The normalized spacial score (nSPS) is 11.0. The average molecular weight is 301 g/mol. The van der Waals surface area contributed by atoms with Crippen molar-refractivity contribution in [2.45, 2.75) is 20.3 Å². The number of aromatic nitrogens is 4. The van der Waals surface area contributed by atoms with E-state index in [1.54, 1.807) is 22.2 Å². The number of amides is 1. The molecule has 0 aliphatic carbocycles. The number of anilines is 1. The minimum Gasteiger partial charge on any atom is -0.324 e. The Morgan fingerprint density at radius 1 is 1.43 bits per heavy atom. The predicted octanol–water partition coefficient (Wildman–Crippen LogP) is 2.22. The number of rotatable bonds is 3. The van der Waals surface area contributed by atoms with E-state index in [1.165, 1.54) is 0 Å². The van der Waals surface area contributed by atoms with E-state index < -0.39 is 0 Å². The summed E-state index contributed by atoms with van der Waals surface area (Å²) in [7, 11) is 1.85. The Morgan fingerprint density at radius 3 is 2.95 bits per heavy atom. The van der Waals surface area contributed by atoms with Gasteiger partial charge in [0.05, 0.1) is 34.7 Å². The Hall–Kier alpha value is -2.28. The van der Waals surface area contributed by atoms with E-state index in [9.17, 15) is 4.79 Å². The van der Waals surface area contributed by atoms with E-state index in [4.69, 9.17) is 0 Å². The Kier molecular flexibility index (Phi) is 3.42. The van der Waals surface area contributed by atoms with Crippen LogP contribution in [0.4, 0.5) is 5.69 Å². The third-order valence-corrected chi connectivity index (χ3v) is 3.98. The fourth-order valence-electron chi connectivity index (χ4n) is 2.24. The first-order valence-electron chi connectivity index (χ1n) is 6.53. The highest BCUT2D eigenvalue weighted by atomic mass is 32.1. The van der Waals surface area contributed by atoms with Crippen LogP contribution in [-0.2, 0) is 18.3 Å². The van der Waals surface area contributed by atoms with Gasteiger partial charge in [-0.25, -0.2) is 9.97 Å². The largest absolute Gasteiger partial charge is 0.324 e. The molecule has 108 valence electrons. The van der Waals surface area contributed by atoms with Crippen LogP contribution < -0.4 is 5.32 Å². The lowest BCUT2D eigenvalue weighted by molar-refractivity contribution is -0.115. The molecule has 0 aliphatic rings. The maximum atomic E-state index is 12.0. The summed E-state index contributed by atoms with van der Waals surface area (Å²) in [6.45, 7) is 3.85. The van der Waals surface area contributed by atoms with Crippen molar-refractivity contribution in [2.24, 2.45) is 7.05 Å². The first kappa shape index (κ1) is 13.7. The van der Waals surface area contributed by atoms with Gasteiger partial charge in [0.15, 0.2) is 5.65 Å². The molecule has 6 nitrogen and oxygen atoms in total. The molecule has 0 bridgehead atoms. The summed E-state index contributed by atoms with van der Waals surface area (Å²) in [5.41, 5.74) is 3.17. The number of nitrogens with zero attached hydrogens (tertiary/aromatic N) is 4. The molecule has 0 saturated heterocycles. The first-order chi connectivity index (χ1) is 10.0. The molecule has 0 aliphatic heterocycles. The molecule has 0 saturated carbocycles. The fraction of sp³-hybridized carbons (Fsp3) is 0.286. The molecule has 0 atom stereocenters. The Bertz CT molecular complexity index is 820. The Morgan fingerprint density at radius 2 is 2.24 bits per heavy atom. The van der Waals surface area contributed by atoms with Crippen LogP contribution in [0.15, 0.2) is 17.6 Å². The first-order valence-corrected chi connectivity index (χ1v) is 7.41. The predicted molar refractivity (Wildman–Crippen MR) is 82.4 cm³/mol. The maximum Gasteiger partial charge on any atom is 0.230 e. The minimum atomic E-state index is -0.0945. The minimum absolute atomic E-state index is 0.0945.